The monoisotopic (exact) mass is 185 g/mol. The van der Waals surface area contributed by atoms with Crippen molar-refractivity contribution in [2.45, 2.75) is 0 Å². The standard InChI is InChI=1S/C3H12N3O4P/c1-4-8-11(7,9-5-2)10-6-3/h4-6H,1-3H3. The molecule has 0 saturated carbocycles. The van der Waals surface area contributed by atoms with Crippen molar-refractivity contribution in [2.75, 3.05) is 21.1 Å². The van der Waals surface area contributed by atoms with Gasteiger partial charge in [0.25, 0.3) is 0 Å². The third-order valence-electron chi connectivity index (χ3n) is 0.609. The van der Waals surface area contributed by atoms with Gasteiger partial charge >= 0.3 is 7.82 Å². The van der Waals surface area contributed by atoms with Crippen LogP contribution in [0.15, 0.2) is 0 Å². The third-order valence-corrected chi connectivity index (χ3v) is 1.83. The molecule has 0 rings (SSSR count). The Morgan fingerprint density at radius 1 is 0.909 bits per heavy atom. The first-order valence-electron chi connectivity index (χ1n) is 2.84. The van der Waals surface area contributed by atoms with E-state index >= 15 is 0 Å². The SMILES string of the molecule is CNOP(=O)(ONC)ONC. The molecule has 0 aliphatic carbocycles. The van der Waals surface area contributed by atoms with E-state index in [2.05, 4.69) is 30.3 Å². The van der Waals surface area contributed by atoms with Crippen molar-refractivity contribution < 1.29 is 18.4 Å². The third kappa shape index (κ3) is 4.44. The molecule has 0 unspecified atom stereocenters. The summed E-state index contributed by atoms with van der Waals surface area (Å²) in [5.41, 5.74) is 6.55. The average molecular weight is 185 g/mol. The molecule has 0 aromatic heterocycles. The van der Waals surface area contributed by atoms with Crippen molar-refractivity contribution in [1.82, 2.24) is 16.4 Å². The molecule has 0 spiro atoms. The largest absolute Gasteiger partial charge is 0.524 e. The number of phosphoric acid groups is 1. The fourth-order valence-corrected chi connectivity index (χ4v) is 1.17. The second-order valence-electron chi connectivity index (χ2n) is 1.33. The van der Waals surface area contributed by atoms with Gasteiger partial charge in [0.15, 0.2) is 0 Å². The molecule has 0 aromatic carbocycles. The van der Waals surface area contributed by atoms with Crippen molar-refractivity contribution >= 4 is 7.82 Å². The lowest BCUT2D eigenvalue weighted by Crippen LogP contribution is -2.18. The van der Waals surface area contributed by atoms with Gasteiger partial charge < -0.3 is 0 Å². The van der Waals surface area contributed by atoms with Crippen molar-refractivity contribution in [3.05, 3.63) is 0 Å². The highest BCUT2D eigenvalue weighted by molar-refractivity contribution is 7.48. The Morgan fingerprint density at radius 3 is 1.36 bits per heavy atom. The van der Waals surface area contributed by atoms with Gasteiger partial charge in [-0.3, -0.25) is 0 Å². The second-order valence-corrected chi connectivity index (χ2v) is 2.78. The highest BCUT2D eigenvalue weighted by Crippen LogP contribution is 2.45. The Morgan fingerprint density at radius 2 is 1.18 bits per heavy atom. The van der Waals surface area contributed by atoms with Crippen LogP contribution in [0.3, 0.4) is 0 Å². The number of hydrogen-bond donors (Lipinski definition) is 3. The summed E-state index contributed by atoms with van der Waals surface area (Å²) in [4.78, 5) is 0. The van der Waals surface area contributed by atoms with Crippen LogP contribution in [0.5, 0.6) is 0 Å². The molecule has 7 nitrogen and oxygen atoms in total. The van der Waals surface area contributed by atoms with Crippen LogP contribution in [-0.2, 0) is 18.4 Å². The van der Waals surface area contributed by atoms with Gasteiger partial charge in [-0.15, -0.1) is 0 Å². The summed E-state index contributed by atoms with van der Waals surface area (Å²) >= 11 is 0. The van der Waals surface area contributed by atoms with Gasteiger partial charge in [-0.25, -0.2) is 4.57 Å². The smallest absolute Gasteiger partial charge is 0.223 e. The zero-order valence-corrected chi connectivity index (χ0v) is 7.47. The summed E-state index contributed by atoms with van der Waals surface area (Å²) in [5.74, 6) is 0. The summed E-state index contributed by atoms with van der Waals surface area (Å²) < 4.78 is 24.5. The minimum absolute atomic E-state index is 1.44. The van der Waals surface area contributed by atoms with Gasteiger partial charge in [0.05, 0.1) is 0 Å². The summed E-state index contributed by atoms with van der Waals surface area (Å²) in [7, 11) is 0.753. The fraction of sp³-hybridized carbons (Fsp3) is 1.00. The van der Waals surface area contributed by atoms with Crippen LogP contribution in [0.2, 0.25) is 0 Å². The van der Waals surface area contributed by atoms with Crippen molar-refractivity contribution in [1.29, 1.82) is 0 Å². The minimum atomic E-state index is -3.55. The molecule has 68 valence electrons. The predicted octanol–water partition coefficient (Wildman–Crippen LogP) is -0.453. The van der Waals surface area contributed by atoms with Gasteiger partial charge in [-0.05, 0) is 0 Å². The Hall–Kier alpha value is -0.0100. The summed E-state index contributed by atoms with van der Waals surface area (Å²) in [6.07, 6.45) is 0. The maximum absolute atomic E-state index is 11.2. The zero-order chi connectivity index (χ0) is 8.74. The van der Waals surface area contributed by atoms with E-state index in [0.29, 0.717) is 0 Å². The van der Waals surface area contributed by atoms with Crippen molar-refractivity contribution in [3.63, 3.8) is 0 Å². The maximum atomic E-state index is 11.2. The van der Waals surface area contributed by atoms with Crippen LogP contribution >= 0.6 is 7.82 Å². The molecule has 8 heteroatoms. The van der Waals surface area contributed by atoms with Crippen LogP contribution < -0.4 is 16.4 Å². The lowest BCUT2D eigenvalue weighted by atomic mass is 11.6. The topological polar surface area (TPSA) is 80.9 Å². The normalized spacial score (nSPS) is 11.9. The highest BCUT2D eigenvalue weighted by Gasteiger charge is 2.26. The van der Waals surface area contributed by atoms with Crippen LogP contribution in [-0.4, -0.2) is 21.1 Å². The molecule has 0 aromatic rings. The van der Waals surface area contributed by atoms with E-state index in [1.54, 1.807) is 0 Å². The van der Waals surface area contributed by atoms with Crippen molar-refractivity contribution in [2.24, 2.45) is 0 Å². The van der Waals surface area contributed by atoms with Gasteiger partial charge in [0.2, 0.25) is 0 Å². The lowest BCUT2D eigenvalue weighted by molar-refractivity contribution is 0.0330. The predicted molar refractivity (Wildman–Crippen MR) is 38.0 cm³/mol. The molecule has 0 fully saturated rings. The molecular formula is C3H12N3O4P. The van der Waals surface area contributed by atoms with Gasteiger partial charge in [0, 0.05) is 21.1 Å². The highest BCUT2D eigenvalue weighted by atomic mass is 31.2. The quantitative estimate of drug-likeness (QED) is 0.382. The second kappa shape index (κ2) is 5.62. The summed E-state index contributed by atoms with van der Waals surface area (Å²) in [6.45, 7) is 0. The first-order chi connectivity index (χ1) is 5.18. The molecule has 0 heterocycles. The Kier molecular flexibility index (Phi) is 5.61. The Bertz CT molecular complexity index is 119. The van der Waals surface area contributed by atoms with Crippen LogP contribution in [0.1, 0.15) is 0 Å². The minimum Gasteiger partial charge on any atom is -0.223 e. The van der Waals surface area contributed by atoms with E-state index in [1.807, 2.05) is 0 Å². The maximum Gasteiger partial charge on any atom is 0.524 e. The van der Waals surface area contributed by atoms with Gasteiger partial charge in [-0.2, -0.15) is 30.3 Å². The summed E-state index contributed by atoms with van der Waals surface area (Å²) in [5, 5.41) is 0. The molecule has 0 bridgehead atoms. The lowest BCUT2D eigenvalue weighted by Gasteiger charge is -2.13. The number of hydroxylamine groups is 3. The molecule has 0 saturated heterocycles. The van der Waals surface area contributed by atoms with Gasteiger partial charge in [-0.1, -0.05) is 0 Å². The molecule has 11 heavy (non-hydrogen) atoms. The van der Waals surface area contributed by atoms with Crippen LogP contribution in [0.4, 0.5) is 0 Å². The van der Waals surface area contributed by atoms with E-state index in [4.69, 9.17) is 0 Å². The van der Waals surface area contributed by atoms with E-state index in [1.165, 1.54) is 21.1 Å². The summed E-state index contributed by atoms with van der Waals surface area (Å²) in [6, 6.07) is 0. The van der Waals surface area contributed by atoms with E-state index < -0.39 is 7.82 Å². The molecule has 0 aliphatic heterocycles. The molecule has 3 N–H and O–H groups in total. The average Bonchev–Trinajstić information content (AvgIpc) is 1.88. The number of hydrogen-bond acceptors (Lipinski definition) is 7. The molecular weight excluding hydrogens is 173 g/mol. The zero-order valence-electron chi connectivity index (χ0n) is 6.58. The Labute approximate surface area is 64.9 Å². The number of rotatable bonds is 6. The fourth-order valence-electron chi connectivity index (χ4n) is 0.391. The molecule has 0 amide bonds. The first-order valence-corrected chi connectivity index (χ1v) is 4.30. The molecule has 0 radical (unpaired) electrons. The van der Waals surface area contributed by atoms with E-state index in [-0.39, 0.29) is 0 Å². The van der Waals surface area contributed by atoms with Crippen LogP contribution in [0, 0.1) is 0 Å². The Balaban J connectivity index is 3.91. The van der Waals surface area contributed by atoms with Gasteiger partial charge in [0.1, 0.15) is 0 Å². The van der Waals surface area contributed by atoms with Crippen molar-refractivity contribution in [3.8, 4) is 0 Å². The van der Waals surface area contributed by atoms with E-state index in [9.17, 15) is 4.57 Å². The number of nitrogens with one attached hydrogen (secondary N) is 3. The van der Waals surface area contributed by atoms with E-state index in [0.717, 1.165) is 0 Å². The van der Waals surface area contributed by atoms with Crippen LogP contribution in [0.25, 0.3) is 0 Å². The molecule has 0 aliphatic rings. The molecule has 0 atom stereocenters. The first kappa shape index (κ1) is 11.0.